The summed E-state index contributed by atoms with van der Waals surface area (Å²) in [6.07, 6.45) is 4.08. The van der Waals surface area contributed by atoms with Crippen LogP contribution in [0.15, 0.2) is 30.3 Å². The lowest BCUT2D eigenvalue weighted by atomic mass is 10.0. The molecule has 0 aliphatic carbocycles. The third kappa shape index (κ3) is 11.0. The summed E-state index contributed by atoms with van der Waals surface area (Å²) in [7, 11) is 0. The second kappa shape index (κ2) is 16.1. The molecule has 0 spiro atoms. The molecule has 0 bridgehead atoms. The molecule has 0 aliphatic heterocycles. The second-order valence-electron chi connectivity index (χ2n) is 8.05. The van der Waals surface area contributed by atoms with Crippen LogP contribution in [0.1, 0.15) is 38.2 Å². The maximum Gasteiger partial charge on any atom is 0.325 e. The van der Waals surface area contributed by atoms with E-state index in [0.29, 0.717) is 44.4 Å². The number of carbonyl (C=O) groups excluding carboxylic acids is 3. The van der Waals surface area contributed by atoms with Crippen LogP contribution in [0.4, 0.5) is 0 Å². The van der Waals surface area contributed by atoms with E-state index >= 15 is 0 Å². The fourth-order valence-electron chi connectivity index (χ4n) is 3.15. The van der Waals surface area contributed by atoms with E-state index < -0.39 is 47.9 Å². The average Bonchev–Trinajstić information content (AvgIpc) is 2.81. The highest BCUT2D eigenvalue weighted by atomic mass is 32.2. The molecule has 0 aliphatic rings. The van der Waals surface area contributed by atoms with Crippen molar-refractivity contribution >= 4 is 35.5 Å². The monoisotopic (exact) mass is 495 g/mol. The summed E-state index contributed by atoms with van der Waals surface area (Å²) in [5.41, 5.74) is 12.5. The van der Waals surface area contributed by atoms with E-state index in [1.54, 1.807) is 0 Å². The molecule has 3 amide bonds. The molecule has 4 atom stereocenters. The van der Waals surface area contributed by atoms with Crippen molar-refractivity contribution in [2.75, 3.05) is 18.6 Å². The first-order valence-corrected chi connectivity index (χ1v) is 12.7. The standard InChI is InChI=1S/C23H37N5O5S/c1-15(23(32)33)26-21(30)19(11-13-34-2)28-22(31)18(10-6-7-12-24)27-20(29)17(25)14-16-8-4-3-5-9-16/h3-5,8-9,15,17-19H,6-7,10-14,24-25H2,1-2H3,(H,26,30)(H,27,29)(H,28,31)(H,32,33). The molecule has 190 valence electrons. The zero-order chi connectivity index (χ0) is 25.5. The summed E-state index contributed by atoms with van der Waals surface area (Å²) in [6.45, 7) is 1.79. The van der Waals surface area contributed by atoms with Gasteiger partial charge in [-0.2, -0.15) is 11.8 Å². The minimum Gasteiger partial charge on any atom is -0.480 e. The van der Waals surface area contributed by atoms with E-state index in [0.717, 1.165) is 5.56 Å². The molecule has 0 saturated carbocycles. The van der Waals surface area contributed by atoms with Gasteiger partial charge in [0.15, 0.2) is 0 Å². The first-order valence-electron chi connectivity index (χ1n) is 11.3. The number of carboxylic acid groups (broad SMARTS) is 1. The lowest BCUT2D eigenvalue weighted by Gasteiger charge is -2.25. The lowest BCUT2D eigenvalue weighted by Crippen LogP contribution is -2.57. The quantitative estimate of drug-likeness (QED) is 0.174. The molecular weight excluding hydrogens is 458 g/mol. The van der Waals surface area contributed by atoms with Gasteiger partial charge in [-0.1, -0.05) is 30.3 Å². The molecule has 11 heteroatoms. The number of carboxylic acids is 1. The van der Waals surface area contributed by atoms with Crippen molar-refractivity contribution in [3.8, 4) is 0 Å². The number of nitrogens with two attached hydrogens (primary N) is 2. The highest BCUT2D eigenvalue weighted by molar-refractivity contribution is 7.98. The van der Waals surface area contributed by atoms with E-state index in [1.165, 1.54) is 18.7 Å². The molecular formula is C23H37N5O5S. The number of hydrogen-bond donors (Lipinski definition) is 6. The Hall–Kier alpha value is -2.63. The van der Waals surface area contributed by atoms with Gasteiger partial charge in [-0.3, -0.25) is 19.2 Å². The van der Waals surface area contributed by atoms with Gasteiger partial charge in [-0.15, -0.1) is 0 Å². The van der Waals surface area contributed by atoms with Gasteiger partial charge in [0.2, 0.25) is 17.7 Å². The topological polar surface area (TPSA) is 177 Å². The zero-order valence-electron chi connectivity index (χ0n) is 19.8. The number of rotatable bonds is 16. The molecule has 1 aromatic carbocycles. The van der Waals surface area contributed by atoms with Crippen molar-refractivity contribution in [2.24, 2.45) is 11.5 Å². The summed E-state index contributed by atoms with van der Waals surface area (Å²) in [6, 6.07) is 5.53. The van der Waals surface area contributed by atoms with Gasteiger partial charge in [-0.25, -0.2) is 0 Å². The molecule has 8 N–H and O–H groups in total. The Balaban J connectivity index is 2.88. The molecule has 0 fully saturated rings. The van der Waals surface area contributed by atoms with Crippen LogP contribution in [0.2, 0.25) is 0 Å². The smallest absolute Gasteiger partial charge is 0.325 e. The maximum absolute atomic E-state index is 13.1. The van der Waals surface area contributed by atoms with E-state index in [9.17, 15) is 19.2 Å². The average molecular weight is 496 g/mol. The van der Waals surface area contributed by atoms with Gasteiger partial charge >= 0.3 is 5.97 Å². The number of carbonyl (C=O) groups is 4. The van der Waals surface area contributed by atoms with Crippen LogP contribution < -0.4 is 27.4 Å². The Morgan fingerprint density at radius 3 is 2.12 bits per heavy atom. The number of nitrogens with one attached hydrogen (secondary N) is 3. The van der Waals surface area contributed by atoms with E-state index in [4.69, 9.17) is 16.6 Å². The van der Waals surface area contributed by atoms with Crippen molar-refractivity contribution in [3.05, 3.63) is 35.9 Å². The molecule has 0 radical (unpaired) electrons. The van der Waals surface area contributed by atoms with Crippen molar-refractivity contribution in [3.63, 3.8) is 0 Å². The van der Waals surface area contributed by atoms with E-state index in [-0.39, 0.29) is 0 Å². The summed E-state index contributed by atoms with van der Waals surface area (Å²) in [4.78, 5) is 49.5. The van der Waals surface area contributed by atoms with Crippen LogP contribution in [-0.4, -0.2) is 71.5 Å². The minimum atomic E-state index is -1.18. The minimum absolute atomic E-state index is 0.308. The van der Waals surface area contributed by atoms with Crippen LogP contribution in [0.3, 0.4) is 0 Å². The summed E-state index contributed by atoms with van der Waals surface area (Å²) < 4.78 is 0. The third-order valence-electron chi connectivity index (χ3n) is 5.19. The Morgan fingerprint density at radius 2 is 1.53 bits per heavy atom. The number of amides is 3. The van der Waals surface area contributed by atoms with Crippen LogP contribution in [0.5, 0.6) is 0 Å². The predicted octanol–water partition coefficient (Wildman–Crippen LogP) is -0.00260. The second-order valence-corrected chi connectivity index (χ2v) is 9.04. The SMILES string of the molecule is CSCCC(NC(=O)C(CCCCN)NC(=O)C(N)Cc1ccccc1)C(=O)NC(C)C(=O)O. The van der Waals surface area contributed by atoms with Crippen molar-refractivity contribution in [1.82, 2.24) is 16.0 Å². The zero-order valence-corrected chi connectivity index (χ0v) is 20.6. The fraction of sp³-hybridized carbons (Fsp3) is 0.565. The molecule has 0 heterocycles. The van der Waals surface area contributed by atoms with Crippen molar-refractivity contribution in [1.29, 1.82) is 0 Å². The number of aliphatic carboxylic acids is 1. The van der Waals surface area contributed by atoms with Gasteiger partial charge in [0, 0.05) is 0 Å². The molecule has 10 nitrogen and oxygen atoms in total. The highest BCUT2D eigenvalue weighted by Gasteiger charge is 2.29. The molecule has 0 aromatic heterocycles. The maximum atomic E-state index is 13.1. The molecule has 0 saturated heterocycles. The van der Waals surface area contributed by atoms with Crippen LogP contribution in [0.25, 0.3) is 0 Å². The number of hydrogen-bond acceptors (Lipinski definition) is 7. The van der Waals surface area contributed by atoms with Gasteiger partial charge in [-0.05, 0) is 63.1 Å². The van der Waals surface area contributed by atoms with Crippen LogP contribution in [-0.2, 0) is 25.6 Å². The molecule has 34 heavy (non-hydrogen) atoms. The Kier molecular flexibility index (Phi) is 13.9. The third-order valence-corrected chi connectivity index (χ3v) is 5.83. The largest absolute Gasteiger partial charge is 0.480 e. The van der Waals surface area contributed by atoms with Gasteiger partial charge in [0.1, 0.15) is 18.1 Å². The van der Waals surface area contributed by atoms with Crippen LogP contribution >= 0.6 is 11.8 Å². The van der Waals surface area contributed by atoms with Crippen molar-refractivity contribution < 1.29 is 24.3 Å². The Morgan fingerprint density at radius 1 is 0.941 bits per heavy atom. The fourth-order valence-corrected chi connectivity index (χ4v) is 3.63. The molecule has 4 unspecified atom stereocenters. The number of thioether (sulfide) groups is 1. The molecule has 1 rings (SSSR count). The highest BCUT2D eigenvalue weighted by Crippen LogP contribution is 2.07. The van der Waals surface area contributed by atoms with E-state index in [2.05, 4.69) is 16.0 Å². The number of unbranched alkanes of at least 4 members (excludes halogenated alkanes) is 1. The molecule has 1 aromatic rings. The predicted molar refractivity (Wildman–Crippen MR) is 133 cm³/mol. The van der Waals surface area contributed by atoms with Gasteiger partial charge < -0.3 is 32.5 Å². The van der Waals surface area contributed by atoms with E-state index in [1.807, 2.05) is 36.6 Å². The summed E-state index contributed by atoms with van der Waals surface area (Å²) >= 11 is 1.49. The summed E-state index contributed by atoms with van der Waals surface area (Å²) in [5.74, 6) is -2.19. The Bertz CT molecular complexity index is 795. The lowest BCUT2D eigenvalue weighted by molar-refractivity contribution is -0.141. The number of benzene rings is 1. The van der Waals surface area contributed by atoms with Gasteiger partial charge in [0.05, 0.1) is 6.04 Å². The first kappa shape index (κ1) is 29.4. The normalized spacial score (nSPS) is 14.4. The van der Waals surface area contributed by atoms with Crippen molar-refractivity contribution in [2.45, 2.75) is 63.2 Å². The van der Waals surface area contributed by atoms with Gasteiger partial charge in [0.25, 0.3) is 0 Å². The van der Waals surface area contributed by atoms with Crippen LogP contribution in [0, 0.1) is 0 Å². The first-order chi connectivity index (χ1) is 16.2. The summed E-state index contributed by atoms with van der Waals surface area (Å²) in [5, 5.41) is 16.8. The Labute approximate surface area is 205 Å².